The Kier molecular flexibility index (Phi) is 7.45. The fourth-order valence-corrected chi connectivity index (χ4v) is 3.25. The monoisotopic (exact) mass is 289 g/mol. The van der Waals surface area contributed by atoms with Crippen molar-refractivity contribution >= 4 is 0 Å². The highest BCUT2D eigenvalue weighted by Gasteiger charge is 2.23. The number of benzene rings is 1. The molecule has 1 aromatic carbocycles. The zero-order valence-corrected chi connectivity index (χ0v) is 15.2. The molecule has 0 heterocycles. The van der Waals surface area contributed by atoms with Gasteiger partial charge < -0.3 is 5.32 Å². The Hall–Kier alpha value is -0.820. The third kappa shape index (κ3) is 4.57. The lowest BCUT2D eigenvalue weighted by Crippen LogP contribution is -2.29. The van der Waals surface area contributed by atoms with E-state index in [9.17, 15) is 0 Å². The van der Waals surface area contributed by atoms with Crippen LogP contribution in [0.3, 0.4) is 0 Å². The molecular formula is C20H35N. The van der Waals surface area contributed by atoms with Crippen LogP contribution < -0.4 is 5.32 Å². The minimum absolute atomic E-state index is 0.489. The summed E-state index contributed by atoms with van der Waals surface area (Å²) in [6.07, 6.45) is 2.47. The SMILES string of the molecule is CCNC(c1ccc(C(C)C)cc1C(C)C)C(CC)CC. The van der Waals surface area contributed by atoms with E-state index in [1.165, 1.54) is 29.5 Å². The maximum atomic E-state index is 3.74. The van der Waals surface area contributed by atoms with Crippen molar-refractivity contribution in [3.63, 3.8) is 0 Å². The van der Waals surface area contributed by atoms with Crippen molar-refractivity contribution in [2.45, 2.75) is 79.2 Å². The summed E-state index contributed by atoms with van der Waals surface area (Å²) in [4.78, 5) is 0. The molecule has 1 N–H and O–H groups in total. The molecule has 1 unspecified atom stereocenters. The normalized spacial score (nSPS) is 13.4. The van der Waals surface area contributed by atoms with Gasteiger partial charge in [-0.25, -0.2) is 0 Å². The van der Waals surface area contributed by atoms with Crippen LogP contribution in [0.5, 0.6) is 0 Å². The van der Waals surface area contributed by atoms with E-state index in [0.29, 0.717) is 23.8 Å². The largest absolute Gasteiger partial charge is 0.310 e. The van der Waals surface area contributed by atoms with Crippen molar-refractivity contribution in [3.05, 3.63) is 34.9 Å². The van der Waals surface area contributed by atoms with Crippen LogP contribution in [-0.2, 0) is 0 Å². The van der Waals surface area contributed by atoms with Crippen LogP contribution in [0.25, 0.3) is 0 Å². The molecule has 0 aliphatic heterocycles. The summed E-state index contributed by atoms with van der Waals surface area (Å²) in [5.41, 5.74) is 4.51. The highest BCUT2D eigenvalue weighted by molar-refractivity contribution is 5.38. The molecule has 120 valence electrons. The van der Waals surface area contributed by atoms with E-state index in [1.54, 1.807) is 0 Å². The van der Waals surface area contributed by atoms with Gasteiger partial charge in [-0.15, -0.1) is 0 Å². The number of hydrogen-bond acceptors (Lipinski definition) is 1. The van der Waals surface area contributed by atoms with E-state index in [-0.39, 0.29) is 0 Å². The highest BCUT2D eigenvalue weighted by Crippen LogP contribution is 2.34. The molecule has 1 heteroatoms. The van der Waals surface area contributed by atoms with Gasteiger partial charge in [-0.05, 0) is 41.0 Å². The lowest BCUT2D eigenvalue weighted by atomic mass is 9.82. The second kappa shape index (κ2) is 8.58. The molecule has 0 aliphatic carbocycles. The van der Waals surface area contributed by atoms with Crippen LogP contribution in [-0.4, -0.2) is 6.54 Å². The van der Waals surface area contributed by atoms with E-state index < -0.39 is 0 Å². The van der Waals surface area contributed by atoms with Gasteiger partial charge in [0.1, 0.15) is 0 Å². The summed E-state index contributed by atoms with van der Waals surface area (Å²) in [7, 11) is 0. The Morgan fingerprint density at radius 2 is 1.48 bits per heavy atom. The predicted octanol–water partition coefficient (Wildman–Crippen LogP) is 6.02. The molecule has 21 heavy (non-hydrogen) atoms. The Morgan fingerprint density at radius 3 is 1.90 bits per heavy atom. The number of hydrogen-bond donors (Lipinski definition) is 1. The zero-order chi connectivity index (χ0) is 16.0. The standard InChI is InChI=1S/C20H35N/c1-8-16(9-2)20(21-10-3)18-12-11-17(14(4)5)13-19(18)15(6)7/h11-16,20-21H,8-10H2,1-7H3. The molecule has 0 saturated carbocycles. The van der Waals surface area contributed by atoms with Crippen LogP contribution in [0.2, 0.25) is 0 Å². The van der Waals surface area contributed by atoms with E-state index in [2.05, 4.69) is 72.0 Å². The molecule has 1 nitrogen and oxygen atoms in total. The van der Waals surface area contributed by atoms with Crippen LogP contribution in [0.15, 0.2) is 18.2 Å². The van der Waals surface area contributed by atoms with Crippen molar-refractivity contribution in [2.75, 3.05) is 6.54 Å². The van der Waals surface area contributed by atoms with E-state index in [0.717, 1.165) is 6.54 Å². The first kappa shape index (κ1) is 18.2. The van der Waals surface area contributed by atoms with E-state index in [4.69, 9.17) is 0 Å². The van der Waals surface area contributed by atoms with Gasteiger partial charge in [-0.2, -0.15) is 0 Å². The van der Waals surface area contributed by atoms with Crippen LogP contribution in [0, 0.1) is 5.92 Å². The minimum Gasteiger partial charge on any atom is -0.310 e. The molecule has 0 spiro atoms. The number of rotatable bonds is 8. The summed E-state index contributed by atoms with van der Waals surface area (Å²) in [5.74, 6) is 1.89. The fraction of sp³-hybridized carbons (Fsp3) is 0.700. The van der Waals surface area contributed by atoms with Crippen molar-refractivity contribution in [1.82, 2.24) is 5.32 Å². The zero-order valence-electron chi connectivity index (χ0n) is 15.2. The highest BCUT2D eigenvalue weighted by atomic mass is 14.9. The van der Waals surface area contributed by atoms with Crippen LogP contribution in [0.1, 0.15) is 95.9 Å². The average Bonchev–Trinajstić information content (AvgIpc) is 2.46. The summed E-state index contributed by atoms with van der Waals surface area (Å²) in [5, 5.41) is 3.74. The van der Waals surface area contributed by atoms with Gasteiger partial charge in [-0.3, -0.25) is 0 Å². The Bertz CT molecular complexity index is 416. The van der Waals surface area contributed by atoms with Crippen LogP contribution >= 0.6 is 0 Å². The molecule has 0 fully saturated rings. The summed E-state index contributed by atoms with van der Waals surface area (Å²) < 4.78 is 0. The molecule has 1 aromatic rings. The molecule has 0 radical (unpaired) electrons. The predicted molar refractivity (Wildman–Crippen MR) is 95.1 cm³/mol. The van der Waals surface area contributed by atoms with Crippen molar-refractivity contribution < 1.29 is 0 Å². The lowest BCUT2D eigenvalue weighted by Gasteiger charge is -2.30. The lowest BCUT2D eigenvalue weighted by molar-refractivity contribution is 0.344. The van der Waals surface area contributed by atoms with Crippen molar-refractivity contribution in [1.29, 1.82) is 0 Å². The third-order valence-corrected chi connectivity index (χ3v) is 4.68. The first-order valence-electron chi connectivity index (χ1n) is 8.83. The summed E-state index contributed by atoms with van der Waals surface area (Å²) >= 11 is 0. The van der Waals surface area contributed by atoms with E-state index >= 15 is 0 Å². The van der Waals surface area contributed by atoms with Gasteiger partial charge in [0.15, 0.2) is 0 Å². The average molecular weight is 290 g/mol. The van der Waals surface area contributed by atoms with Gasteiger partial charge in [-0.1, -0.05) is 79.5 Å². The molecule has 0 aromatic heterocycles. The quantitative estimate of drug-likeness (QED) is 0.617. The molecular weight excluding hydrogens is 254 g/mol. The molecule has 0 saturated heterocycles. The topological polar surface area (TPSA) is 12.0 Å². The second-order valence-corrected chi connectivity index (χ2v) is 6.81. The Labute approximate surface area is 132 Å². The third-order valence-electron chi connectivity index (χ3n) is 4.68. The molecule has 1 atom stereocenters. The molecule has 0 bridgehead atoms. The smallest absolute Gasteiger partial charge is 0.0351 e. The maximum absolute atomic E-state index is 3.74. The molecule has 0 amide bonds. The van der Waals surface area contributed by atoms with Crippen molar-refractivity contribution in [3.8, 4) is 0 Å². The van der Waals surface area contributed by atoms with E-state index in [1.807, 2.05) is 0 Å². The van der Waals surface area contributed by atoms with Crippen LogP contribution in [0.4, 0.5) is 0 Å². The maximum Gasteiger partial charge on any atom is 0.0351 e. The first-order valence-corrected chi connectivity index (χ1v) is 8.83. The van der Waals surface area contributed by atoms with Gasteiger partial charge in [0, 0.05) is 6.04 Å². The number of nitrogens with one attached hydrogen (secondary N) is 1. The molecule has 0 aliphatic rings. The van der Waals surface area contributed by atoms with Gasteiger partial charge in [0.25, 0.3) is 0 Å². The fourth-order valence-electron chi connectivity index (χ4n) is 3.25. The summed E-state index contributed by atoms with van der Waals surface area (Å²) in [6, 6.07) is 7.65. The van der Waals surface area contributed by atoms with Gasteiger partial charge in [0.2, 0.25) is 0 Å². The first-order chi connectivity index (χ1) is 9.96. The van der Waals surface area contributed by atoms with Gasteiger partial charge in [0.05, 0.1) is 0 Å². The van der Waals surface area contributed by atoms with Gasteiger partial charge >= 0.3 is 0 Å². The Balaban J connectivity index is 3.29. The minimum atomic E-state index is 0.489. The molecule has 1 rings (SSSR count). The summed E-state index contributed by atoms with van der Waals surface area (Å²) in [6.45, 7) is 17.1. The Morgan fingerprint density at radius 1 is 0.857 bits per heavy atom. The second-order valence-electron chi connectivity index (χ2n) is 6.81. The van der Waals surface area contributed by atoms with Crippen molar-refractivity contribution in [2.24, 2.45) is 5.92 Å².